The summed E-state index contributed by atoms with van der Waals surface area (Å²) in [5.41, 5.74) is 4.37. The topological polar surface area (TPSA) is 27.6 Å². The number of benzene rings is 1. The monoisotopic (exact) mass is 161 g/mol. The van der Waals surface area contributed by atoms with E-state index in [4.69, 9.17) is 0 Å². The molecule has 62 valence electrons. The number of nitrogens with one attached hydrogen (secondary N) is 1. The Morgan fingerprint density at radius 1 is 1.33 bits per heavy atom. The van der Waals surface area contributed by atoms with E-state index in [-0.39, 0.29) is 6.17 Å². The first-order valence-electron chi connectivity index (χ1n) is 3.93. The fourth-order valence-corrected chi connectivity index (χ4v) is 1.22. The lowest BCUT2D eigenvalue weighted by atomic mass is 10.2. The maximum Gasteiger partial charge on any atom is 0.143 e. The van der Waals surface area contributed by atoms with Crippen LogP contribution in [0, 0.1) is 0 Å². The third kappa shape index (κ3) is 1.31. The van der Waals surface area contributed by atoms with Gasteiger partial charge in [-0.1, -0.05) is 30.3 Å². The van der Waals surface area contributed by atoms with Gasteiger partial charge in [0.2, 0.25) is 0 Å². The van der Waals surface area contributed by atoms with Crippen LogP contribution in [0.3, 0.4) is 0 Å². The van der Waals surface area contributed by atoms with E-state index >= 15 is 0 Å². The van der Waals surface area contributed by atoms with Crippen LogP contribution in [0.25, 0.3) is 0 Å². The van der Waals surface area contributed by atoms with Crippen molar-refractivity contribution >= 4 is 6.34 Å². The first-order chi connectivity index (χ1) is 5.86. The van der Waals surface area contributed by atoms with Crippen LogP contribution < -0.4 is 5.43 Å². The molecule has 2 rings (SSSR count). The SMILES string of the molecule is CN1C=NC(c2ccccc2)N1. The van der Waals surface area contributed by atoms with E-state index in [1.165, 1.54) is 5.56 Å². The molecule has 0 spiro atoms. The van der Waals surface area contributed by atoms with Crippen LogP contribution in [0.4, 0.5) is 0 Å². The summed E-state index contributed by atoms with van der Waals surface area (Å²) in [7, 11) is 1.94. The Kier molecular flexibility index (Phi) is 1.80. The molecule has 0 bridgehead atoms. The van der Waals surface area contributed by atoms with Crippen molar-refractivity contribution in [3.8, 4) is 0 Å². The largest absolute Gasteiger partial charge is 0.299 e. The van der Waals surface area contributed by atoms with Crippen molar-refractivity contribution in [3.05, 3.63) is 35.9 Å². The summed E-state index contributed by atoms with van der Waals surface area (Å²) in [6.45, 7) is 0. The average molecular weight is 161 g/mol. The van der Waals surface area contributed by atoms with Crippen molar-refractivity contribution in [2.45, 2.75) is 6.17 Å². The summed E-state index contributed by atoms with van der Waals surface area (Å²) in [4.78, 5) is 4.28. The lowest BCUT2D eigenvalue weighted by molar-refractivity contribution is 0.359. The Labute approximate surface area is 71.7 Å². The smallest absolute Gasteiger partial charge is 0.143 e. The highest BCUT2D eigenvalue weighted by atomic mass is 15.6. The fraction of sp³-hybridized carbons (Fsp3) is 0.222. The summed E-state index contributed by atoms with van der Waals surface area (Å²) >= 11 is 0. The standard InChI is InChI=1S/C9H11N3/c1-12-7-10-9(11-12)8-5-3-2-4-6-8/h2-7,9,11H,1H3. The number of nitrogens with zero attached hydrogens (tertiary/aromatic N) is 2. The molecule has 1 unspecified atom stereocenters. The lowest BCUT2D eigenvalue weighted by Gasteiger charge is -2.12. The van der Waals surface area contributed by atoms with Crippen molar-refractivity contribution in [2.24, 2.45) is 4.99 Å². The predicted molar refractivity (Wildman–Crippen MR) is 48.6 cm³/mol. The molecule has 1 N–H and O–H groups in total. The number of rotatable bonds is 1. The maximum atomic E-state index is 4.28. The van der Waals surface area contributed by atoms with E-state index in [1.54, 1.807) is 6.34 Å². The van der Waals surface area contributed by atoms with Gasteiger partial charge in [-0.3, -0.25) is 5.01 Å². The average Bonchev–Trinajstić information content (AvgIpc) is 2.54. The van der Waals surface area contributed by atoms with Gasteiger partial charge in [0.15, 0.2) is 0 Å². The van der Waals surface area contributed by atoms with Gasteiger partial charge in [-0.25, -0.2) is 10.4 Å². The van der Waals surface area contributed by atoms with Gasteiger partial charge < -0.3 is 0 Å². The molecule has 0 saturated heterocycles. The Bertz CT molecular complexity index is 281. The zero-order valence-electron chi connectivity index (χ0n) is 6.94. The first-order valence-corrected chi connectivity index (χ1v) is 3.93. The van der Waals surface area contributed by atoms with Crippen LogP contribution in [0.15, 0.2) is 35.3 Å². The molecule has 0 fully saturated rings. The van der Waals surface area contributed by atoms with Gasteiger partial charge in [-0.2, -0.15) is 0 Å². The summed E-state index contributed by atoms with van der Waals surface area (Å²) in [5, 5.41) is 1.86. The first kappa shape index (κ1) is 7.31. The van der Waals surface area contributed by atoms with Crippen molar-refractivity contribution in [3.63, 3.8) is 0 Å². The molecule has 0 radical (unpaired) electrons. The minimum atomic E-state index is 0.0937. The van der Waals surface area contributed by atoms with Crippen LogP contribution in [-0.2, 0) is 0 Å². The Morgan fingerprint density at radius 3 is 2.67 bits per heavy atom. The van der Waals surface area contributed by atoms with Crippen LogP contribution >= 0.6 is 0 Å². The number of hydrogen-bond acceptors (Lipinski definition) is 3. The van der Waals surface area contributed by atoms with Crippen LogP contribution in [0.5, 0.6) is 0 Å². The van der Waals surface area contributed by atoms with E-state index in [0.29, 0.717) is 0 Å². The van der Waals surface area contributed by atoms with Crippen molar-refractivity contribution in [2.75, 3.05) is 7.05 Å². The minimum Gasteiger partial charge on any atom is -0.299 e. The quantitative estimate of drug-likeness (QED) is 0.669. The van der Waals surface area contributed by atoms with Gasteiger partial charge >= 0.3 is 0 Å². The number of aliphatic imine (C=N–C) groups is 1. The summed E-state index contributed by atoms with van der Waals surface area (Å²) in [6.07, 6.45) is 1.88. The maximum absolute atomic E-state index is 4.28. The molecular weight excluding hydrogens is 150 g/mol. The third-order valence-corrected chi connectivity index (χ3v) is 1.83. The molecule has 0 aliphatic carbocycles. The predicted octanol–water partition coefficient (Wildman–Crippen LogP) is 1.16. The van der Waals surface area contributed by atoms with Crippen molar-refractivity contribution in [1.82, 2.24) is 10.4 Å². The van der Waals surface area contributed by atoms with Crippen LogP contribution in [0.1, 0.15) is 11.7 Å². The highest BCUT2D eigenvalue weighted by Gasteiger charge is 2.13. The number of hydrazine groups is 1. The summed E-state index contributed by atoms with van der Waals surface area (Å²) < 4.78 is 0. The van der Waals surface area contributed by atoms with Crippen molar-refractivity contribution < 1.29 is 0 Å². The molecule has 3 nitrogen and oxygen atoms in total. The second-order valence-corrected chi connectivity index (χ2v) is 2.82. The molecule has 0 saturated carbocycles. The second kappa shape index (κ2) is 2.95. The molecule has 1 atom stereocenters. The van der Waals surface area contributed by atoms with Crippen LogP contribution in [0.2, 0.25) is 0 Å². The van der Waals surface area contributed by atoms with Gasteiger partial charge in [-0.05, 0) is 5.56 Å². The molecule has 3 heteroatoms. The van der Waals surface area contributed by atoms with Crippen LogP contribution in [-0.4, -0.2) is 18.4 Å². The molecular formula is C9H11N3. The van der Waals surface area contributed by atoms with Gasteiger partial charge in [0, 0.05) is 7.05 Å². The molecule has 1 aliphatic heterocycles. The molecule has 1 aliphatic rings. The van der Waals surface area contributed by atoms with Gasteiger partial charge in [0.25, 0.3) is 0 Å². The van der Waals surface area contributed by atoms with Gasteiger partial charge in [0.05, 0.1) is 0 Å². The van der Waals surface area contributed by atoms with E-state index in [1.807, 2.05) is 30.3 Å². The van der Waals surface area contributed by atoms with Crippen molar-refractivity contribution in [1.29, 1.82) is 0 Å². The molecule has 12 heavy (non-hydrogen) atoms. The lowest BCUT2D eigenvalue weighted by Crippen LogP contribution is -2.28. The zero-order chi connectivity index (χ0) is 8.39. The van der Waals surface area contributed by atoms with E-state index < -0.39 is 0 Å². The highest BCUT2D eigenvalue weighted by molar-refractivity contribution is 5.56. The van der Waals surface area contributed by atoms with E-state index in [9.17, 15) is 0 Å². The summed E-state index contributed by atoms with van der Waals surface area (Å²) in [6, 6.07) is 10.2. The second-order valence-electron chi connectivity index (χ2n) is 2.82. The normalized spacial score (nSPS) is 21.8. The van der Waals surface area contributed by atoms with E-state index in [2.05, 4.69) is 22.6 Å². The highest BCUT2D eigenvalue weighted by Crippen LogP contribution is 2.16. The molecule has 1 aromatic carbocycles. The third-order valence-electron chi connectivity index (χ3n) is 1.83. The van der Waals surface area contributed by atoms with Gasteiger partial charge in [-0.15, -0.1) is 0 Å². The molecule has 1 aromatic rings. The Hall–Kier alpha value is -1.35. The minimum absolute atomic E-state index is 0.0937. The van der Waals surface area contributed by atoms with Gasteiger partial charge in [0.1, 0.15) is 12.5 Å². The van der Waals surface area contributed by atoms with E-state index in [0.717, 1.165) is 0 Å². The molecule has 0 amide bonds. The molecule has 1 heterocycles. The Morgan fingerprint density at radius 2 is 2.08 bits per heavy atom. The zero-order valence-corrected chi connectivity index (χ0v) is 6.94. The fourth-order valence-electron chi connectivity index (χ4n) is 1.22. The Balaban J connectivity index is 2.18. The number of hydrogen-bond donors (Lipinski definition) is 1. The molecule has 0 aromatic heterocycles. The summed E-state index contributed by atoms with van der Waals surface area (Å²) in [5.74, 6) is 0.